The third kappa shape index (κ3) is 6.53. The number of carbonyl (C=O) groups excluding carboxylic acids is 2. The number of nitrogens with zero attached hydrogens (tertiary/aromatic N) is 4. The topological polar surface area (TPSA) is 68.8 Å². The fourth-order valence-corrected chi connectivity index (χ4v) is 7.66. The van der Waals surface area contributed by atoms with Gasteiger partial charge in [0.25, 0.3) is 5.91 Å². The molecule has 0 radical (unpaired) electrons. The van der Waals surface area contributed by atoms with Gasteiger partial charge in [-0.1, -0.05) is 25.3 Å². The Hall–Kier alpha value is -2.88. The molecule has 6 rings (SSSR count). The van der Waals surface area contributed by atoms with Gasteiger partial charge < -0.3 is 10.2 Å². The van der Waals surface area contributed by atoms with Gasteiger partial charge in [-0.15, -0.1) is 11.3 Å². The Bertz CT molecular complexity index is 1390. The summed E-state index contributed by atoms with van der Waals surface area (Å²) in [4.78, 5) is 39.5. The van der Waals surface area contributed by atoms with Crippen molar-refractivity contribution < 1.29 is 14.0 Å². The van der Waals surface area contributed by atoms with Crippen LogP contribution < -0.4 is 5.32 Å². The minimum Gasteiger partial charge on any atom is -0.349 e. The van der Waals surface area contributed by atoms with E-state index < -0.39 is 0 Å². The van der Waals surface area contributed by atoms with Crippen molar-refractivity contribution in [3.8, 4) is 10.6 Å². The summed E-state index contributed by atoms with van der Waals surface area (Å²) >= 11 is 1.60. The Balaban J connectivity index is 1.28. The number of benzene rings is 1. The summed E-state index contributed by atoms with van der Waals surface area (Å²) in [6, 6.07) is 8.66. The molecule has 42 heavy (non-hydrogen) atoms. The summed E-state index contributed by atoms with van der Waals surface area (Å²) < 4.78 is 14.7. The van der Waals surface area contributed by atoms with Crippen LogP contribution in [0.25, 0.3) is 21.5 Å². The fraction of sp³-hybridized carbons (Fsp3) is 0.545. The largest absolute Gasteiger partial charge is 0.349 e. The van der Waals surface area contributed by atoms with Crippen molar-refractivity contribution in [2.24, 2.45) is 5.92 Å². The average Bonchev–Trinajstić information content (AvgIpc) is 3.74. The van der Waals surface area contributed by atoms with Gasteiger partial charge in [-0.05, 0) is 68.2 Å². The molecule has 224 valence electrons. The molecule has 2 saturated heterocycles. The molecule has 2 aromatic heterocycles. The second-order valence-corrected chi connectivity index (χ2v) is 13.2. The summed E-state index contributed by atoms with van der Waals surface area (Å²) in [6.45, 7) is 8.05. The third-order valence-corrected chi connectivity index (χ3v) is 10.3. The molecule has 3 aliphatic rings. The lowest BCUT2D eigenvalue weighted by molar-refractivity contribution is -0.131. The number of rotatable bonds is 8. The molecule has 1 N–H and O–H groups in total. The second-order valence-electron chi connectivity index (χ2n) is 12.3. The van der Waals surface area contributed by atoms with Crippen LogP contribution in [0.4, 0.5) is 4.39 Å². The first-order valence-corrected chi connectivity index (χ1v) is 16.5. The molecule has 2 amide bonds. The van der Waals surface area contributed by atoms with E-state index in [0.29, 0.717) is 35.5 Å². The fourth-order valence-electron chi connectivity index (χ4n) is 6.92. The van der Waals surface area contributed by atoms with Crippen molar-refractivity contribution in [3.05, 3.63) is 52.7 Å². The number of carbonyl (C=O) groups is 2. The monoisotopic (exact) mass is 591 g/mol. The van der Waals surface area contributed by atoms with Gasteiger partial charge in [0.05, 0.1) is 28.2 Å². The second kappa shape index (κ2) is 13.2. The van der Waals surface area contributed by atoms with E-state index in [-0.39, 0.29) is 23.7 Å². The van der Waals surface area contributed by atoms with Gasteiger partial charge in [0.15, 0.2) is 0 Å². The van der Waals surface area contributed by atoms with E-state index in [4.69, 9.17) is 4.98 Å². The zero-order chi connectivity index (χ0) is 29.1. The van der Waals surface area contributed by atoms with Crippen molar-refractivity contribution in [2.75, 3.05) is 45.8 Å². The van der Waals surface area contributed by atoms with E-state index in [2.05, 4.69) is 22.0 Å². The number of pyridine rings is 1. The van der Waals surface area contributed by atoms with Gasteiger partial charge >= 0.3 is 0 Å². The first-order valence-electron chi connectivity index (χ1n) is 15.7. The Labute approximate surface area is 252 Å². The normalized spacial score (nSPS) is 19.8. The SMILES string of the molecule is CC(NC(=O)c1c(CN2CCN(CC(=O)N3CCCC3)CC2)c(-c2cccs2)nc2ccc(F)cc12)C1CCCCC1. The lowest BCUT2D eigenvalue weighted by atomic mass is 9.84. The number of thiophene rings is 1. The van der Waals surface area contributed by atoms with Crippen molar-refractivity contribution in [2.45, 2.75) is 64.5 Å². The van der Waals surface area contributed by atoms with Gasteiger partial charge in [-0.2, -0.15) is 0 Å². The number of hydrogen-bond donors (Lipinski definition) is 1. The molecule has 0 spiro atoms. The highest BCUT2D eigenvalue weighted by atomic mass is 32.1. The van der Waals surface area contributed by atoms with E-state index in [1.807, 2.05) is 22.4 Å². The van der Waals surface area contributed by atoms with Crippen molar-refractivity contribution in [1.82, 2.24) is 25.0 Å². The standard InChI is InChI=1S/C33H42FN5O2S/c1-23(24-8-3-2-4-9-24)35-33(41)31-26-20-25(34)11-12-28(26)36-32(29-10-7-19-42-29)27(31)21-37-15-17-38(18-16-37)22-30(40)39-13-5-6-14-39/h7,10-12,19-20,23-24H,2-6,8-9,13-18,21-22H2,1H3,(H,35,41). The van der Waals surface area contributed by atoms with Crippen LogP contribution in [0.1, 0.15) is 67.8 Å². The Morgan fingerprint density at radius 2 is 1.74 bits per heavy atom. The summed E-state index contributed by atoms with van der Waals surface area (Å²) in [5.74, 6) is 0.176. The number of halogens is 1. The van der Waals surface area contributed by atoms with Crippen LogP contribution in [-0.4, -0.2) is 83.4 Å². The Morgan fingerprint density at radius 1 is 1.00 bits per heavy atom. The number of likely N-dealkylation sites (tertiary alicyclic amines) is 1. The van der Waals surface area contributed by atoms with E-state index in [9.17, 15) is 14.0 Å². The van der Waals surface area contributed by atoms with Crippen LogP contribution in [0, 0.1) is 11.7 Å². The maximum atomic E-state index is 14.7. The van der Waals surface area contributed by atoms with Crippen molar-refractivity contribution in [1.29, 1.82) is 0 Å². The number of piperazine rings is 1. The minimum atomic E-state index is -0.371. The molecular weight excluding hydrogens is 549 g/mol. The molecule has 1 aromatic carbocycles. The van der Waals surface area contributed by atoms with Crippen LogP contribution in [-0.2, 0) is 11.3 Å². The predicted octanol–water partition coefficient (Wildman–Crippen LogP) is 5.54. The molecule has 1 atom stereocenters. The molecule has 2 aliphatic heterocycles. The van der Waals surface area contributed by atoms with E-state index in [1.54, 1.807) is 17.4 Å². The van der Waals surface area contributed by atoms with Crippen LogP contribution in [0.3, 0.4) is 0 Å². The summed E-state index contributed by atoms with van der Waals surface area (Å²) in [5.41, 5.74) is 2.82. The van der Waals surface area contributed by atoms with Crippen molar-refractivity contribution >= 4 is 34.1 Å². The minimum absolute atomic E-state index is 0.0456. The molecule has 1 aliphatic carbocycles. The Morgan fingerprint density at radius 3 is 2.45 bits per heavy atom. The molecule has 3 aromatic rings. The van der Waals surface area contributed by atoms with Gasteiger partial charge in [-0.3, -0.25) is 19.4 Å². The maximum absolute atomic E-state index is 14.7. The zero-order valence-electron chi connectivity index (χ0n) is 24.6. The van der Waals surface area contributed by atoms with Crippen LogP contribution in [0.5, 0.6) is 0 Å². The maximum Gasteiger partial charge on any atom is 0.252 e. The van der Waals surface area contributed by atoms with Crippen LogP contribution in [0.2, 0.25) is 0 Å². The van der Waals surface area contributed by atoms with Crippen molar-refractivity contribution in [3.63, 3.8) is 0 Å². The van der Waals surface area contributed by atoms with Crippen LogP contribution >= 0.6 is 11.3 Å². The highest BCUT2D eigenvalue weighted by Gasteiger charge is 2.29. The lowest BCUT2D eigenvalue weighted by Gasteiger charge is -2.35. The first-order chi connectivity index (χ1) is 20.5. The zero-order valence-corrected chi connectivity index (χ0v) is 25.4. The number of nitrogens with one attached hydrogen (secondary N) is 1. The quantitative estimate of drug-likeness (QED) is 0.373. The highest BCUT2D eigenvalue weighted by Crippen LogP contribution is 2.35. The first kappa shape index (κ1) is 29.2. The molecule has 7 nitrogen and oxygen atoms in total. The summed E-state index contributed by atoms with van der Waals surface area (Å²) in [5, 5.41) is 5.92. The smallest absolute Gasteiger partial charge is 0.252 e. The molecule has 3 fully saturated rings. The highest BCUT2D eigenvalue weighted by molar-refractivity contribution is 7.13. The number of aromatic nitrogens is 1. The van der Waals surface area contributed by atoms with Gasteiger partial charge in [0, 0.05) is 62.8 Å². The summed E-state index contributed by atoms with van der Waals surface area (Å²) in [6.07, 6.45) is 8.14. The molecule has 1 saturated carbocycles. The number of fused-ring (bicyclic) bond motifs is 1. The number of hydrogen-bond acceptors (Lipinski definition) is 6. The van der Waals surface area contributed by atoms with E-state index in [0.717, 1.165) is 81.1 Å². The molecule has 0 bridgehead atoms. The van der Waals surface area contributed by atoms with Gasteiger partial charge in [-0.25, -0.2) is 9.37 Å². The third-order valence-electron chi connectivity index (χ3n) is 9.41. The average molecular weight is 592 g/mol. The summed E-state index contributed by atoms with van der Waals surface area (Å²) in [7, 11) is 0. The Kier molecular flexibility index (Phi) is 9.17. The van der Waals surface area contributed by atoms with Gasteiger partial charge in [0.2, 0.25) is 5.91 Å². The lowest BCUT2D eigenvalue weighted by Crippen LogP contribution is -2.49. The van der Waals surface area contributed by atoms with E-state index in [1.165, 1.54) is 31.4 Å². The predicted molar refractivity (Wildman–Crippen MR) is 166 cm³/mol. The van der Waals surface area contributed by atoms with Crippen LogP contribution in [0.15, 0.2) is 35.7 Å². The molecular formula is C33H42FN5O2S. The molecule has 4 heterocycles. The molecule has 9 heteroatoms. The number of amides is 2. The molecule has 1 unspecified atom stereocenters. The van der Waals surface area contributed by atoms with Gasteiger partial charge in [0.1, 0.15) is 5.82 Å². The van der Waals surface area contributed by atoms with E-state index >= 15 is 0 Å².